The molecule has 2 amide bonds. The van der Waals surface area contributed by atoms with Crippen molar-refractivity contribution in [2.75, 3.05) is 17.7 Å². The Morgan fingerprint density at radius 2 is 1.77 bits per heavy atom. The molecule has 0 aliphatic rings. The Morgan fingerprint density at radius 3 is 2.38 bits per heavy atom. The minimum atomic E-state index is -0.316. The van der Waals surface area contributed by atoms with Crippen LogP contribution in [0.2, 0.25) is 0 Å². The van der Waals surface area contributed by atoms with Crippen LogP contribution in [0.5, 0.6) is 5.75 Å². The van der Waals surface area contributed by atoms with Crippen LogP contribution in [0.1, 0.15) is 29.3 Å². The van der Waals surface area contributed by atoms with Crippen LogP contribution >= 0.6 is 12.2 Å². The third kappa shape index (κ3) is 5.29. The number of aryl methyl sites for hydroxylation is 1. The number of nitrogens with one attached hydrogen (secondary N) is 3. The monoisotopic (exact) mass is 371 g/mol. The third-order valence-electron chi connectivity index (χ3n) is 3.61. The van der Waals surface area contributed by atoms with Crippen molar-refractivity contribution in [3.63, 3.8) is 0 Å². The van der Waals surface area contributed by atoms with Gasteiger partial charge in [-0.2, -0.15) is 0 Å². The van der Waals surface area contributed by atoms with Crippen molar-refractivity contribution >= 4 is 40.5 Å². The summed E-state index contributed by atoms with van der Waals surface area (Å²) in [5.41, 5.74) is 2.66. The lowest BCUT2D eigenvalue weighted by Crippen LogP contribution is -2.34. The molecule has 0 aromatic heterocycles. The van der Waals surface area contributed by atoms with Gasteiger partial charge in [0.25, 0.3) is 5.91 Å². The number of ether oxygens (including phenoxy) is 1. The first kappa shape index (κ1) is 19.4. The SMILES string of the molecule is CCC(=O)Nc1cccc(NC(=S)NC(=O)c2ccc(OC)c(C)c2)c1. The molecule has 0 heterocycles. The molecule has 0 atom stereocenters. The molecule has 0 aliphatic heterocycles. The third-order valence-corrected chi connectivity index (χ3v) is 3.81. The smallest absolute Gasteiger partial charge is 0.257 e. The van der Waals surface area contributed by atoms with E-state index in [0.29, 0.717) is 29.1 Å². The molecular formula is C19H21N3O3S. The van der Waals surface area contributed by atoms with Crippen molar-refractivity contribution < 1.29 is 14.3 Å². The molecular weight excluding hydrogens is 350 g/mol. The molecule has 0 unspecified atom stereocenters. The first-order valence-electron chi connectivity index (χ1n) is 8.09. The van der Waals surface area contributed by atoms with E-state index in [2.05, 4.69) is 16.0 Å². The Bertz CT molecular complexity index is 837. The first-order chi connectivity index (χ1) is 12.4. The van der Waals surface area contributed by atoms with E-state index in [-0.39, 0.29) is 16.9 Å². The number of carbonyl (C=O) groups is 2. The Labute approximate surface area is 157 Å². The fourth-order valence-corrected chi connectivity index (χ4v) is 2.49. The maximum absolute atomic E-state index is 12.3. The molecule has 2 rings (SSSR count). The minimum absolute atomic E-state index is 0.0760. The zero-order valence-electron chi connectivity index (χ0n) is 14.9. The summed E-state index contributed by atoms with van der Waals surface area (Å²) in [5.74, 6) is 0.324. The lowest BCUT2D eigenvalue weighted by Gasteiger charge is -2.12. The second-order valence-electron chi connectivity index (χ2n) is 5.58. The lowest BCUT2D eigenvalue weighted by molar-refractivity contribution is -0.115. The Kier molecular flexibility index (Phi) is 6.68. The Morgan fingerprint density at radius 1 is 1.08 bits per heavy atom. The summed E-state index contributed by atoms with van der Waals surface area (Å²) >= 11 is 5.19. The number of thiocarbonyl (C=S) groups is 1. The van der Waals surface area contributed by atoms with E-state index in [4.69, 9.17) is 17.0 Å². The van der Waals surface area contributed by atoms with Crippen molar-refractivity contribution in [1.29, 1.82) is 0 Å². The number of amides is 2. The fourth-order valence-electron chi connectivity index (χ4n) is 2.28. The van der Waals surface area contributed by atoms with E-state index in [1.807, 2.05) is 6.92 Å². The van der Waals surface area contributed by atoms with Gasteiger partial charge >= 0.3 is 0 Å². The van der Waals surface area contributed by atoms with E-state index >= 15 is 0 Å². The van der Waals surface area contributed by atoms with Crippen molar-refractivity contribution in [2.45, 2.75) is 20.3 Å². The number of hydrogen-bond donors (Lipinski definition) is 3. The summed E-state index contributed by atoms with van der Waals surface area (Å²) in [6.45, 7) is 3.64. The highest BCUT2D eigenvalue weighted by Crippen LogP contribution is 2.18. The number of benzene rings is 2. The van der Waals surface area contributed by atoms with E-state index in [1.54, 1.807) is 56.5 Å². The summed E-state index contributed by atoms with van der Waals surface area (Å²) in [5, 5.41) is 8.51. The van der Waals surface area contributed by atoms with E-state index in [9.17, 15) is 9.59 Å². The largest absolute Gasteiger partial charge is 0.496 e. The maximum Gasteiger partial charge on any atom is 0.257 e. The summed E-state index contributed by atoms with van der Waals surface area (Å²) in [7, 11) is 1.58. The second kappa shape index (κ2) is 8.96. The van der Waals surface area contributed by atoms with Gasteiger partial charge in [0.05, 0.1) is 7.11 Å². The fraction of sp³-hybridized carbons (Fsp3) is 0.211. The predicted octanol–water partition coefficient (Wildman–Crippen LogP) is 3.48. The van der Waals surface area contributed by atoms with Gasteiger partial charge < -0.3 is 15.4 Å². The van der Waals surface area contributed by atoms with Gasteiger partial charge in [-0.15, -0.1) is 0 Å². The zero-order chi connectivity index (χ0) is 19.1. The van der Waals surface area contributed by atoms with Crippen LogP contribution < -0.4 is 20.7 Å². The van der Waals surface area contributed by atoms with Crippen LogP contribution in [0.4, 0.5) is 11.4 Å². The second-order valence-corrected chi connectivity index (χ2v) is 5.98. The molecule has 0 spiro atoms. The normalized spacial score (nSPS) is 9.96. The van der Waals surface area contributed by atoms with Gasteiger partial charge in [0, 0.05) is 23.4 Å². The molecule has 0 aliphatic carbocycles. The molecule has 2 aromatic rings. The average Bonchev–Trinajstić information content (AvgIpc) is 2.61. The molecule has 0 radical (unpaired) electrons. The number of carbonyl (C=O) groups excluding carboxylic acids is 2. The highest BCUT2D eigenvalue weighted by Gasteiger charge is 2.10. The van der Waals surface area contributed by atoms with Gasteiger partial charge in [-0.1, -0.05) is 13.0 Å². The summed E-state index contributed by atoms with van der Waals surface area (Å²) in [4.78, 5) is 23.8. The van der Waals surface area contributed by atoms with Gasteiger partial charge in [-0.3, -0.25) is 14.9 Å². The predicted molar refractivity (Wildman–Crippen MR) is 107 cm³/mol. The average molecular weight is 371 g/mol. The molecule has 0 saturated carbocycles. The van der Waals surface area contributed by atoms with Gasteiger partial charge in [0.15, 0.2) is 5.11 Å². The lowest BCUT2D eigenvalue weighted by atomic mass is 10.1. The molecule has 7 heteroatoms. The van der Waals surface area contributed by atoms with E-state index in [1.165, 1.54) is 0 Å². The summed E-state index contributed by atoms with van der Waals surface area (Å²) < 4.78 is 5.19. The standard InChI is InChI=1S/C19H21N3O3S/c1-4-17(23)20-14-6-5-7-15(11-14)21-19(26)22-18(24)13-8-9-16(25-3)12(2)10-13/h5-11H,4H2,1-3H3,(H,20,23)(H2,21,22,24,26). The first-order valence-corrected chi connectivity index (χ1v) is 8.50. The number of hydrogen-bond acceptors (Lipinski definition) is 4. The van der Waals surface area contributed by atoms with E-state index in [0.717, 1.165) is 5.56 Å². The molecule has 6 nitrogen and oxygen atoms in total. The highest BCUT2D eigenvalue weighted by atomic mass is 32.1. The number of anilines is 2. The molecule has 3 N–H and O–H groups in total. The summed E-state index contributed by atoms with van der Waals surface area (Å²) in [6.07, 6.45) is 0.396. The van der Waals surface area contributed by atoms with Gasteiger partial charge in [0.2, 0.25) is 5.91 Å². The molecule has 2 aromatic carbocycles. The Balaban J connectivity index is 2.00. The zero-order valence-corrected chi connectivity index (χ0v) is 15.7. The maximum atomic E-state index is 12.3. The van der Waals surface area contributed by atoms with Crippen molar-refractivity contribution in [2.24, 2.45) is 0 Å². The molecule has 136 valence electrons. The summed E-state index contributed by atoms with van der Waals surface area (Å²) in [6, 6.07) is 12.2. The topological polar surface area (TPSA) is 79.5 Å². The van der Waals surface area contributed by atoms with Crippen LogP contribution in [0, 0.1) is 6.92 Å². The Hall–Kier alpha value is -2.93. The van der Waals surface area contributed by atoms with Crippen LogP contribution in [-0.4, -0.2) is 24.0 Å². The van der Waals surface area contributed by atoms with E-state index < -0.39 is 0 Å². The van der Waals surface area contributed by atoms with Gasteiger partial charge in [0.1, 0.15) is 5.75 Å². The number of rotatable bonds is 5. The quantitative estimate of drug-likeness (QED) is 0.701. The van der Waals surface area contributed by atoms with Crippen molar-refractivity contribution in [3.05, 3.63) is 53.6 Å². The molecule has 0 bridgehead atoms. The van der Waals surface area contributed by atoms with Crippen LogP contribution in [0.3, 0.4) is 0 Å². The van der Waals surface area contributed by atoms with Crippen molar-refractivity contribution in [3.8, 4) is 5.75 Å². The molecule has 0 saturated heterocycles. The van der Waals surface area contributed by atoms with Crippen LogP contribution in [0.15, 0.2) is 42.5 Å². The van der Waals surface area contributed by atoms with Crippen LogP contribution in [-0.2, 0) is 4.79 Å². The van der Waals surface area contributed by atoms with Gasteiger partial charge in [-0.05, 0) is 61.1 Å². The molecule has 0 fully saturated rings. The number of methoxy groups -OCH3 is 1. The molecule has 26 heavy (non-hydrogen) atoms. The van der Waals surface area contributed by atoms with Gasteiger partial charge in [-0.25, -0.2) is 0 Å². The highest BCUT2D eigenvalue weighted by molar-refractivity contribution is 7.80. The van der Waals surface area contributed by atoms with Crippen molar-refractivity contribution in [1.82, 2.24) is 5.32 Å². The minimum Gasteiger partial charge on any atom is -0.496 e. The van der Waals surface area contributed by atoms with Crippen LogP contribution in [0.25, 0.3) is 0 Å².